The molecule has 0 fully saturated rings. The molecule has 2 heterocycles. The molecule has 0 aliphatic heterocycles. The highest BCUT2D eigenvalue weighted by Gasteiger charge is 2.08. The van der Waals surface area contributed by atoms with E-state index in [1.165, 1.54) is 0 Å². The molecule has 3 rings (SSSR count). The van der Waals surface area contributed by atoms with Gasteiger partial charge in [-0.3, -0.25) is 8.37 Å². The summed E-state index contributed by atoms with van der Waals surface area (Å²) in [4.78, 5) is 0. The minimum absolute atomic E-state index is 0.803. The number of ether oxygens (including phenoxy) is 2. The number of hydrogen-bond acceptors (Lipinski definition) is 10. The minimum Gasteiger partial charge on any atom is -0.726 e. The Labute approximate surface area is 235 Å². The molecule has 0 aliphatic rings. The van der Waals surface area contributed by atoms with Gasteiger partial charge in [0.2, 0.25) is 20.8 Å². The van der Waals surface area contributed by atoms with Gasteiger partial charge in [-0.2, -0.15) is 0 Å². The first-order chi connectivity index (χ1) is 18.7. The van der Waals surface area contributed by atoms with E-state index in [4.69, 9.17) is 9.47 Å². The van der Waals surface area contributed by atoms with Gasteiger partial charge in [0.05, 0.1) is 28.4 Å². The summed E-state index contributed by atoms with van der Waals surface area (Å²) in [5.74, 6) is 1.61. The van der Waals surface area contributed by atoms with Crippen LogP contribution < -0.4 is 18.6 Å². The molecule has 1 aromatic carbocycles. The predicted molar refractivity (Wildman–Crippen MR) is 146 cm³/mol. The third kappa shape index (κ3) is 13.9. The first-order valence-electron chi connectivity index (χ1n) is 11.3. The molecule has 0 saturated carbocycles. The molecule has 3 aromatic rings. The van der Waals surface area contributed by atoms with Crippen LogP contribution in [-0.4, -0.2) is 54.4 Å². The third-order valence-corrected chi connectivity index (χ3v) is 5.73. The lowest BCUT2D eigenvalue weighted by Gasteiger charge is -2.11. The highest BCUT2D eigenvalue weighted by Crippen LogP contribution is 2.31. The second-order valence-electron chi connectivity index (χ2n) is 7.75. The van der Waals surface area contributed by atoms with Gasteiger partial charge in [-0.15, -0.1) is 0 Å². The summed E-state index contributed by atoms with van der Waals surface area (Å²) in [6, 6.07) is 12.3. The van der Waals surface area contributed by atoms with Gasteiger partial charge in [-0.05, 0) is 23.3 Å². The topological polar surface area (TPSA) is 159 Å². The molecule has 14 heteroatoms. The average molecular weight is 597 g/mol. The van der Waals surface area contributed by atoms with Gasteiger partial charge in [0.1, 0.15) is 25.6 Å². The molecule has 0 atom stereocenters. The molecule has 0 N–H and O–H groups in total. The van der Waals surface area contributed by atoms with E-state index < -0.39 is 20.8 Å². The third-order valence-electron chi connectivity index (χ3n) is 4.91. The van der Waals surface area contributed by atoms with Gasteiger partial charge < -0.3 is 18.6 Å². The van der Waals surface area contributed by atoms with Crippen molar-refractivity contribution in [2.45, 2.75) is 0 Å². The maximum atomic E-state index is 9.22. The number of rotatable bonds is 8. The van der Waals surface area contributed by atoms with E-state index in [2.05, 4.69) is 44.8 Å². The minimum atomic E-state index is -4.41. The molecule has 0 bridgehead atoms. The number of aryl methyl sites for hydroxylation is 2. The van der Waals surface area contributed by atoms with Crippen LogP contribution in [0, 0.1) is 0 Å². The maximum absolute atomic E-state index is 9.22. The summed E-state index contributed by atoms with van der Waals surface area (Å²) >= 11 is 0. The van der Waals surface area contributed by atoms with Crippen molar-refractivity contribution in [3.8, 4) is 11.5 Å². The Bertz CT molecular complexity index is 1370. The molecular formula is C26H32N2O10S2. The quantitative estimate of drug-likeness (QED) is 0.213. The fourth-order valence-corrected chi connectivity index (χ4v) is 2.82. The zero-order valence-corrected chi connectivity index (χ0v) is 24.5. The second kappa shape index (κ2) is 16.4. The van der Waals surface area contributed by atoms with Crippen LogP contribution in [0.3, 0.4) is 0 Å². The Morgan fingerprint density at radius 2 is 0.875 bits per heavy atom. The van der Waals surface area contributed by atoms with Crippen molar-refractivity contribution in [1.29, 1.82) is 0 Å². The van der Waals surface area contributed by atoms with Crippen molar-refractivity contribution in [3.63, 3.8) is 0 Å². The summed E-state index contributed by atoms with van der Waals surface area (Å²) in [6.45, 7) is 0. The molecule has 218 valence electrons. The standard InChI is InChI=1S/C24H26N2O2.2CH4O4S/c1-25-13-9-19(10-14-25)5-7-21-17-24(28-4)22(18-23(21)27-3)8-6-20-11-15-26(2)16-12-20;2*1-5-6(2,3)4/h5-18H,1-4H3;2*1H3,(H,2,3,4)/q+2;;/p-2/b7-5+,8-6+;;. The molecule has 0 radical (unpaired) electrons. The summed E-state index contributed by atoms with van der Waals surface area (Å²) in [6.07, 6.45) is 16.3. The molecule has 2 aromatic heterocycles. The Morgan fingerprint density at radius 1 is 0.600 bits per heavy atom. The highest BCUT2D eigenvalue weighted by atomic mass is 32.3. The lowest BCUT2D eigenvalue weighted by molar-refractivity contribution is -0.671. The second-order valence-corrected chi connectivity index (χ2v) is 10.0. The van der Waals surface area contributed by atoms with Crippen molar-refractivity contribution >= 4 is 45.1 Å². The molecular weight excluding hydrogens is 564 g/mol. The van der Waals surface area contributed by atoms with Gasteiger partial charge in [-0.1, -0.05) is 24.3 Å². The van der Waals surface area contributed by atoms with Crippen LogP contribution in [0.5, 0.6) is 11.5 Å². The molecule has 0 aliphatic carbocycles. The van der Waals surface area contributed by atoms with Crippen molar-refractivity contribution in [2.75, 3.05) is 28.4 Å². The van der Waals surface area contributed by atoms with E-state index in [1.807, 2.05) is 72.3 Å². The Hall–Kier alpha value is -3.66. The zero-order valence-electron chi connectivity index (χ0n) is 22.9. The fraction of sp³-hybridized carbons (Fsp3) is 0.231. The molecule has 40 heavy (non-hydrogen) atoms. The van der Waals surface area contributed by atoms with Gasteiger partial charge in [0.25, 0.3) is 0 Å². The summed E-state index contributed by atoms with van der Waals surface area (Å²) in [5, 5.41) is 0. The van der Waals surface area contributed by atoms with Crippen LogP contribution in [0.25, 0.3) is 24.3 Å². The van der Waals surface area contributed by atoms with E-state index in [0.29, 0.717) is 0 Å². The lowest BCUT2D eigenvalue weighted by atomic mass is 10.1. The first kappa shape index (κ1) is 34.4. The van der Waals surface area contributed by atoms with E-state index in [9.17, 15) is 25.9 Å². The Kier molecular flexibility index (Phi) is 14.1. The number of hydrogen-bond donors (Lipinski definition) is 0. The number of methoxy groups -OCH3 is 2. The maximum Gasteiger partial charge on any atom is 0.217 e. The number of benzene rings is 1. The lowest BCUT2D eigenvalue weighted by Crippen LogP contribution is -2.25. The summed E-state index contributed by atoms with van der Waals surface area (Å²) in [7, 11) is 0.171. The average Bonchev–Trinajstić information content (AvgIpc) is 2.92. The Balaban J connectivity index is 0.000000559. The molecule has 0 unspecified atom stereocenters. The van der Waals surface area contributed by atoms with Crippen LogP contribution in [0.2, 0.25) is 0 Å². The van der Waals surface area contributed by atoms with Crippen molar-refractivity contribution in [3.05, 3.63) is 83.4 Å². The molecule has 0 saturated heterocycles. The largest absolute Gasteiger partial charge is 0.726 e. The SMILES string of the molecule is COS(=O)(=O)[O-].COS(=O)(=O)[O-].COc1cc(/C=C/c2cc[n+](C)cc2)c(OC)cc1/C=C/c1cc[n+](C)cc1. The van der Waals surface area contributed by atoms with E-state index >= 15 is 0 Å². The van der Waals surface area contributed by atoms with Crippen molar-refractivity contribution < 1.29 is 52.9 Å². The molecule has 0 spiro atoms. The summed E-state index contributed by atoms with van der Waals surface area (Å²) < 4.78 is 77.3. The van der Waals surface area contributed by atoms with E-state index in [1.54, 1.807) is 14.2 Å². The van der Waals surface area contributed by atoms with Crippen LogP contribution in [-0.2, 0) is 43.3 Å². The van der Waals surface area contributed by atoms with Gasteiger partial charge in [-0.25, -0.2) is 26.0 Å². The fourth-order valence-electron chi connectivity index (χ4n) is 2.82. The Morgan fingerprint density at radius 3 is 1.10 bits per heavy atom. The zero-order chi connectivity index (χ0) is 30.3. The smallest absolute Gasteiger partial charge is 0.217 e. The first-order valence-corrected chi connectivity index (χ1v) is 13.9. The number of pyridine rings is 2. The van der Waals surface area contributed by atoms with Crippen molar-refractivity contribution in [1.82, 2.24) is 0 Å². The van der Waals surface area contributed by atoms with Crippen molar-refractivity contribution in [2.24, 2.45) is 14.1 Å². The highest BCUT2D eigenvalue weighted by molar-refractivity contribution is 7.81. The monoisotopic (exact) mass is 596 g/mol. The van der Waals surface area contributed by atoms with Gasteiger partial charge in [0.15, 0.2) is 24.8 Å². The number of nitrogens with zero attached hydrogens (tertiary/aromatic N) is 2. The predicted octanol–water partition coefficient (Wildman–Crippen LogP) is 1.88. The number of aromatic nitrogens is 2. The summed E-state index contributed by atoms with van der Waals surface area (Å²) in [5.41, 5.74) is 4.19. The molecule has 0 amide bonds. The van der Waals surface area contributed by atoms with E-state index in [0.717, 1.165) is 48.0 Å². The van der Waals surface area contributed by atoms with Crippen LogP contribution in [0.15, 0.2) is 61.2 Å². The van der Waals surface area contributed by atoms with Gasteiger partial charge >= 0.3 is 0 Å². The van der Waals surface area contributed by atoms with E-state index in [-0.39, 0.29) is 0 Å². The van der Waals surface area contributed by atoms with Crippen LogP contribution in [0.1, 0.15) is 22.3 Å². The van der Waals surface area contributed by atoms with Crippen LogP contribution in [0.4, 0.5) is 0 Å². The van der Waals surface area contributed by atoms with Crippen LogP contribution >= 0.6 is 0 Å². The molecule has 12 nitrogen and oxygen atoms in total. The normalized spacial score (nSPS) is 11.4. The van der Waals surface area contributed by atoms with Gasteiger partial charge in [0, 0.05) is 35.4 Å².